The summed E-state index contributed by atoms with van der Waals surface area (Å²) in [5.74, 6) is -0.385. The maximum Gasteiger partial charge on any atom is 0.271 e. The van der Waals surface area contributed by atoms with E-state index in [1.807, 2.05) is 24.3 Å². The van der Waals surface area contributed by atoms with Gasteiger partial charge in [-0.25, -0.2) is 13.8 Å². The molecule has 28 heavy (non-hydrogen) atoms. The van der Waals surface area contributed by atoms with Crippen LogP contribution in [-0.4, -0.2) is 20.0 Å². The summed E-state index contributed by atoms with van der Waals surface area (Å²) in [4.78, 5) is 12.3. The number of sulfonamides is 1. The number of benzene rings is 2. The molecular weight excluding hydrogens is 462 g/mol. The standard InChI is InChI=1S/C19H16BrN3O3S2/c1-13(14-4-8-16(20)9-5-14)21-22-19(24)15-6-10-17(11-7-15)23-28(25,26)18-3-2-12-27-18/h2-12,23H,1H3,(H,22,24). The van der Waals surface area contributed by atoms with Crippen molar-refractivity contribution in [2.75, 3.05) is 4.72 Å². The molecule has 2 aromatic carbocycles. The molecule has 0 aliphatic carbocycles. The van der Waals surface area contributed by atoms with Crippen LogP contribution in [0.15, 0.2) is 79.8 Å². The highest BCUT2D eigenvalue weighted by Gasteiger charge is 2.15. The van der Waals surface area contributed by atoms with E-state index >= 15 is 0 Å². The van der Waals surface area contributed by atoms with E-state index in [2.05, 4.69) is 31.2 Å². The molecule has 144 valence electrons. The molecule has 0 aliphatic rings. The average Bonchev–Trinajstić information content (AvgIpc) is 3.22. The molecule has 0 aliphatic heterocycles. The summed E-state index contributed by atoms with van der Waals surface area (Å²) in [6.45, 7) is 1.80. The molecule has 0 saturated carbocycles. The molecule has 0 saturated heterocycles. The molecule has 0 unspecified atom stereocenters. The van der Waals surface area contributed by atoms with Gasteiger partial charge >= 0.3 is 0 Å². The molecule has 1 amide bonds. The number of hydrogen-bond donors (Lipinski definition) is 2. The number of nitrogens with one attached hydrogen (secondary N) is 2. The number of halogens is 1. The fourth-order valence-electron chi connectivity index (χ4n) is 2.27. The Morgan fingerprint density at radius 1 is 1.00 bits per heavy atom. The van der Waals surface area contributed by atoms with E-state index in [-0.39, 0.29) is 10.1 Å². The van der Waals surface area contributed by atoms with Crippen molar-refractivity contribution in [3.63, 3.8) is 0 Å². The average molecular weight is 478 g/mol. The SMILES string of the molecule is CC(=NNC(=O)c1ccc(NS(=O)(=O)c2cccs2)cc1)c1ccc(Br)cc1. The zero-order valence-corrected chi connectivity index (χ0v) is 17.9. The first kappa shape index (κ1) is 20.2. The Kier molecular flexibility index (Phi) is 6.28. The summed E-state index contributed by atoms with van der Waals surface area (Å²) in [6, 6.07) is 16.9. The first-order valence-electron chi connectivity index (χ1n) is 8.12. The number of carbonyl (C=O) groups excluding carboxylic acids is 1. The number of amides is 1. The van der Waals surface area contributed by atoms with Gasteiger partial charge in [-0.2, -0.15) is 5.10 Å². The smallest absolute Gasteiger partial charge is 0.271 e. The molecule has 1 heterocycles. The Morgan fingerprint density at radius 2 is 1.64 bits per heavy atom. The number of hydrogen-bond acceptors (Lipinski definition) is 5. The minimum absolute atomic E-state index is 0.229. The second-order valence-electron chi connectivity index (χ2n) is 5.76. The predicted molar refractivity (Wildman–Crippen MR) is 115 cm³/mol. The van der Waals surface area contributed by atoms with Gasteiger partial charge in [0.15, 0.2) is 0 Å². The lowest BCUT2D eigenvalue weighted by atomic mass is 10.1. The van der Waals surface area contributed by atoms with E-state index < -0.39 is 10.0 Å². The molecule has 9 heteroatoms. The van der Waals surface area contributed by atoms with Crippen LogP contribution in [0.2, 0.25) is 0 Å². The Bertz CT molecular complexity index is 1090. The third-order valence-electron chi connectivity index (χ3n) is 3.75. The van der Waals surface area contributed by atoms with Gasteiger partial charge in [0, 0.05) is 15.7 Å². The van der Waals surface area contributed by atoms with E-state index in [9.17, 15) is 13.2 Å². The van der Waals surface area contributed by atoms with Gasteiger partial charge in [0.25, 0.3) is 15.9 Å². The van der Waals surface area contributed by atoms with Gasteiger partial charge in [-0.3, -0.25) is 9.52 Å². The quantitative estimate of drug-likeness (QED) is 0.405. The van der Waals surface area contributed by atoms with Gasteiger partial charge in [-0.15, -0.1) is 11.3 Å². The predicted octanol–water partition coefficient (Wildman–Crippen LogP) is 4.47. The number of thiophene rings is 1. The van der Waals surface area contributed by atoms with Crippen molar-refractivity contribution in [3.8, 4) is 0 Å². The zero-order chi connectivity index (χ0) is 20.1. The van der Waals surface area contributed by atoms with E-state index in [1.165, 1.54) is 30.3 Å². The van der Waals surface area contributed by atoms with E-state index in [4.69, 9.17) is 0 Å². The third-order valence-corrected chi connectivity index (χ3v) is 7.05. The van der Waals surface area contributed by atoms with E-state index in [1.54, 1.807) is 18.4 Å². The van der Waals surface area contributed by atoms with E-state index in [0.29, 0.717) is 17.0 Å². The minimum atomic E-state index is -3.62. The van der Waals surface area contributed by atoms with Gasteiger partial charge in [0.2, 0.25) is 0 Å². The lowest BCUT2D eigenvalue weighted by molar-refractivity contribution is 0.0955. The Balaban J connectivity index is 1.65. The number of rotatable bonds is 6. The Labute approximate surface area is 175 Å². The van der Waals surface area contributed by atoms with Gasteiger partial charge in [0.1, 0.15) is 4.21 Å². The molecule has 0 atom stereocenters. The molecule has 0 radical (unpaired) electrons. The number of anilines is 1. The summed E-state index contributed by atoms with van der Waals surface area (Å²) in [7, 11) is -3.62. The summed E-state index contributed by atoms with van der Waals surface area (Å²) in [6.07, 6.45) is 0. The van der Waals surface area contributed by atoms with Crippen LogP contribution in [0.3, 0.4) is 0 Å². The van der Waals surface area contributed by atoms with Crippen molar-refractivity contribution in [2.45, 2.75) is 11.1 Å². The third kappa shape index (κ3) is 5.06. The highest BCUT2D eigenvalue weighted by molar-refractivity contribution is 9.10. The van der Waals surface area contributed by atoms with Gasteiger partial charge in [0.05, 0.1) is 5.71 Å². The normalized spacial score (nSPS) is 11.9. The lowest BCUT2D eigenvalue weighted by Gasteiger charge is -2.07. The van der Waals surface area contributed by atoms with Crippen LogP contribution in [0.4, 0.5) is 5.69 Å². The number of hydrazone groups is 1. The summed E-state index contributed by atoms with van der Waals surface area (Å²) < 4.78 is 28.1. The van der Waals surface area contributed by atoms with Crippen molar-refractivity contribution in [3.05, 3.63) is 81.6 Å². The van der Waals surface area contributed by atoms with Gasteiger partial charge in [-0.05, 0) is 60.3 Å². The minimum Gasteiger partial charge on any atom is -0.279 e. The van der Waals surface area contributed by atoms with Crippen LogP contribution in [0.5, 0.6) is 0 Å². The summed E-state index contributed by atoms with van der Waals surface area (Å²) in [5.41, 5.74) is 4.80. The van der Waals surface area contributed by atoms with Crippen LogP contribution < -0.4 is 10.1 Å². The van der Waals surface area contributed by atoms with Gasteiger partial charge in [-0.1, -0.05) is 34.1 Å². The lowest BCUT2D eigenvalue weighted by Crippen LogP contribution is -2.19. The molecule has 2 N–H and O–H groups in total. The topological polar surface area (TPSA) is 87.6 Å². The van der Waals surface area contributed by atoms with Crippen molar-refractivity contribution in [1.82, 2.24) is 5.43 Å². The van der Waals surface area contributed by atoms with Crippen molar-refractivity contribution >= 4 is 54.6 Å². The first-order valence-corrected chi connectivity index (χ1v) is 11.3. The largest absolute Gasteiger partial charge is 0.279 e. The highest BCUT2D eigenvalue weighted by Crippen LogP contribution is 2.20. The van der Waals surface area contributed by atoms with Crippen LogP contribution in [0.1, 0.15) is 22.8 Å². The maximum atomic E-state index is 12.3. The number of nitrogens with zero attached hydrogens (tertiary/aromatic N) is 1. The Hall–Kier alpha value is -2.49. The second-order valence-corrected chi connectivity index (χ2v) is 9.53. The van der Waals surface area contributed by atoms with Crippen LogP contribution >= 0.6 is 27.3 Å². The maximum absolute atomic E-state index is 12.3. The molecule has 1 aromatic heterocycles. The number of carbonyl (C=O) groups is 1. The molecule has 3 rings (SSSR count). The van der Waals surface area contributed by atoms with E-state index in [0.717, 1.165) is 21.4 Å². The molecule has 0 fully saturated rings. The van der Waals surface area contributed by atoms with Crippen molar-refractivity contribution in [2.24, 2.45) is 5.10 Å². The molecule has 0 bridgehead atoms. The van der Waals surface area contributed by atoms with Crippen molar-refractivity contribution < 1.29 is 13.2 Å². The summed E-state index contributed by atoms with van der Waals surface area (Å²) >= 11 is 4.50. The van der Waals surface area contributed by atoms with Crippen LogP contribution in [0, 0.1) is 0 Å². The fourth-order valence-corrected chi connectivity index (χ4v) is 4.58. The first-order chi connectivity index (χ1) is 13.3. The zero-order valence-electron chi connectivity index (χ0n) is 14.7. The summed E-state index contributed by atoms with van der Waals surface area (Å²) in [5, 5.41) is 5.80. The van der Waals surface area contributed by atoms with Crippen LogP contribution in [-0.2, 0) is 10.0 Å². The Morgan fingerprint density at radius 3 is 2.25 bits per heavy atom. The monoisotopic (exact) mass is 477 g/mol. The second kappa shape index (κ2) is 8.68. The van der Waals surface area contributed by atoms with Gasteiger partial charge < -0.3 is 0 Å². The fraction of sp³-hybridized carbons (Fsp3) is 0.0526. The molecule has 3 aromatic rings. The molecule has 6 nitrogen and oxygen atoms in total. The van der Waals surface area contributed by atoms with Crippen molar-refractivity contribution in [1.29, 1.82) is 0 Å². The van der Waals surface area contributed by atoms with Crippen LogP contribution in [0.25, 0.3) is 0 Å². The highest BCUT2D eigenvalue weighted by atomic mass is 79.9. The molecule has 0 spiro atoms. The molecular formula is C19H16BrN3O3S2.